The van der Waals surface area contributed by atoms with E-state index in [0.29, 0.717) is 18.5 Å². The van der Waals surface area contributed by atoms with Crippen molar-refractivity contribution in [3.05, 3.63) is 29.3 Å². The lowest BCUT2D eigenvalue weighted by Gasteiger charge is -2.34. The number of urea groups is 2. The van der Waals surface area contributed by atoms with E-state index in [9.17, 15) is 9.59 Å². The molecule has 6 nitrogen and oxygen atoms in total. The van der Waals surface area contributed by atoms with Crippen molar-refractivity contribution in [1.82, 2.24) is 15.5 Å². The highest BCUT2D eigenvalue weighted by molar-refractivity contribution is 5.90. The number of amides is 4. The molecule has 1 aromatic carbocycles. The molecule has 0 aromatic heterocycles. The highest BCUT2D eigenvalue weighted by Crippen LogP contribution is 2.22. The number of hydrogen-bond donors (Lipinski definition) is 3. The number of rotatable bonds is 5. The van der Waals surface area contributed by atoms with Gasteiger partial charge in [0, 0.05) is 31.4 Å². The van der Waals surface area contributed by atoms with E-state index in [1.165, 1.54) is 24.8 Å². The molecule has 3 N–H and O–H groups in total. The van der Waals surface area contributed by atoms with Crippen LogP contribution in [0.3, 0.4) is 0 Å². The van der Waals surface area contributed by atoms with Crippen molar-refractivity contribution >= 4 is 17.7 Å². The summed E-state index contributed by atoms with van der Waals surface area (Å²) in [5, 5.41) is 9.10. The Bertz CT molecular complexity index is 692. The van der Waals surface area contributed by atoms with Gasteiger partial charge in [0.25, 0.3) is 0 Å². The lowest BCUT2D eigenvalue weighted by atomic mass is 9.93. The second-order valence-corrected chi connectivity index (χ2v) is 8.70. The second kappa shape index (κ2) is 10.5. The lowest BCUT2D eigenvalue weighted by Crippen LogP contribution is -2.48. The number of anilines is 1. The van der Waals surface area contributed by atoms with Crippen LogP contribution in [0.25, 0.3) is 0 Å². The quantitative estimate of drug-likeness (QED) is 0.677. The van der Waals surface area contributed by atoms with Gasteiger partial charge >= 0.3 is 12.1 Å². The third-order valence-electron chi connectivity index (χ3n) is 6.30. The maximum absolute atomic E-state index is 12.4. The Hall–Kier alpha value is -2.24. The van der Waals surface area contributed by atoms with E-state index in [0.717, 1.165) is 56.4 Å². The van der Waals surface area contributed by atoms with Crippen LogP contribution in [0.15, 0.2) is 18.2 Å². The largest absolute Gasteiger partial charge is 0.338 e. The van der Waals surface area contributed by atoms with Crippen molar-refractivity contribution in [1.29, 1.82) is 0 Å². The van der Waals surface area contributed by atoms with Crippen LogP contribution in [0.2, 0.25) is 0 Å². The SMILES string of the molecule is Cc1ccc(NC(=O)NCCC2CCN(C(=O)NC3CCCCC3)CC2)c(C)c1. The van der Waals surface area contributed by atoms with E-state index in [2.05, 4.69) is 22.0 Å². The fourth-order valence-corrected chi connectivity index (χ4v) is 4.45. The maximum atomic E-state index is 12.4. The average molecular weight is 401 g/mol. The molecule has 1 aromatic rings. The molecule has 4 amide bonds. The second-order valence-electron chi connectivity index (χ2n) is 8.70. The minimum Gasteiger partial charge on any atom is -0.338 e. The smallest absolute Gasteiger partial charge is 0.319 e. The number of carbonyl (C=O) groups is 2. The molecule has 6 heteroatoms. The topological polar surface area (TPSA) is 73.5 Å². The first-order chi connectivity index (χ1) is 14.0. The molecule has 160 valence electrons. The molecular formula is C23H36N4O2. The Labute approximate surface area is 174 Å². The van der Waals surface area contributed by atoms with E-state index in [1.54, 1.807) is 0 Å². The monoisotopic (exact) mass is 400 g/mol. The number of nitrogens with zero attached hydrogens (tertiary/aromatic N) is 1. The Morgan fingerprint density at radius 1 is 1.03 bits per heavy atom. The van der Waals surface area contributed by atoms with E-state index >= 15 is 0 Å². The van der Waals surface area contributed by atoms with Crippen LogP contribution in [0.5, 0.6) is 0 Å². The molecule has 0 bridgehead atoms. The zero-order chi connectivity index (χ0) is 20.6. The van der Waals surface area contributed by atoms with Gasteiger partial charge in [0.2, 0.25) is 0 Å². The van der Waals surface area contributed by atoms with Crippen molar-refractivity contribution in [2.45, 2.75) is 71.3 Å². The summed E-state index contributed by atoms with van der Waals surface area (Å²) in [4.78, 5) is 26.6. The Morgan fingerprint density at radius 2 is 1.76 bits per heavy atom. The first-order valence-corrected chi connectivity index (χ1v) is 11.2. The lowest BCUT2D eigenvalue weighted by molar-refractivity contribution is 0.162. The van der Waals surface area contributed by atoms with Gasteiger partial charge in [-0.1, -0.05) is 37.0 Å². The molecule has 1 aliphatic carbocycles. The van der Waals surface area contributed by atoms with Gasteiger partial charge in [0.05, 0.1) is 0 Å². The average Bonchev–Trinajstić information content (AvgIpc) is 2.71. The maximum Gasteiger partial charge on any atom is 0.319 e. The standard InChI is InChI=1S/C23H36N4O2/c1-17-8-9-21(18(2)16-17)26-22(28)24-13-10-19-11-14-27(15-12-19)23(29)25-20-6-4-3-5-7-20/h8-9,16,19-20H,3-7,10-15H2,1-2H3,(H,25,29)(H2,24,26,28). The van der Waals surface area contributed by atoms with Gasteiger partial charge in [-0.25, -0.2) is 9.59 Å². The number of benzene rings is 1. The molecule has 0 unspecified atom stereocenters. The zero-order valence-electron chi connectivity index (χ0n) is 17.9. The summed E-state index contributed by atoms with van der Waals surface area (Å²) in [7, 11) is 0. The number of carbonyl (C=O) groups excluding carboxylic acids is 2. The third kappa shape index (κ3) is 6.65. The third-order valence-corrected chi connectivity index (χ3v) is 6.30. The number of piperidine rings is 1. The first-order valence-electron chi connectivity index (χ1n) is 11.2. The van der Waals surface area contributed by atoms with E-state index in [1.807, 2.05) is 30.9 Å². The summed E-state index contributed by atoms with van der Waals surface area (Å²) in [6.45, 7) is 6.34. The molecule has 0 radical (unpaired) electrons. The van der Waals surface area contributed by atoms with Crippen LogP contribution in [-0.2, 0) is 0 Å². The summed E-state index contributed by atoms with van der Waals surface area (Å²) < 4.78 is 0. The fourth-order valence-electron chi connectivity index (χ4n) is 4.45. The molecule has 29 heavy (non-hydrogen) atoms. The van der Waals surface area contributed by atoms with Crippen molar-refractivity contribution in [2.75, 3.05) is 25.0 Å². The van der Waals surface area contributed by atoms with E-state index < -0.39 is 0 Å². The summed E-state index contributed by atoms with van der Waals surface area (Å²) in [5.74, 6) is 0.565. The molecule has 1 saturated carbocycles. The van der Waals surface area contributed by atoms with Crippen LogP contribution in [0.1, 0.15) is 62.5 Å². The van der Waals surface area contributed by atoms with Crippen molar-refractivity contribution in [3.63, 3.8) is 0 Å². The van der Waals surface area contributed by atoms with Crippen LogP contribution in [-0.4, -0.2) is 42.6 Å². The molecule has 1 aliphatic heterocycles. The van der Waals surface area contributed by atoms with E-state index in [-0.39, 0.29) is 12.1 Å². The highest BCUT2D eigenvalue weighted by Gasteiger charge is 2.24. The number of hydrogen-bond acceptors (Lipinski definition) is 2. The molecule has 2 fully saturated rings. The normalized spacial score (nSPS) is 18.3. The molecular weight excluding hydrogens is 364 g/mol. The molecule has 3 rings (SSSR count). The summed E-state index contributed by atoms with van der Waals surface area (Å²) in [6, 6.07) is 6.34. The van der Waals surface area contributed by atoms with Crippen LogP contribution >= 0.6 is 0 Å². The van der Waals surface area contributed by atoms with Gasteiger partial charge in [-0.05, 0) is 63.5 Å². The van der Waals surface area contributed by atoms with Gasteiger partial charge in [0.1, 0.15) is 0 Å². The Morgan fingerprint density at radius 3 is 2.45 bits per heavy atom. The van der Waals surface area contributed by atoms with Gasteiger partial charge in [-0.3, -0.25) is 0 Å². The predicted molar refractivity (Wildman–Crippen MR) is 117 cm³/mol. The molecule has 0 atom stereocenters. The van der Waals surface area contributed by atoms with Crippen molar-refractivity contribution < 1.29 is 9.59 Å². The number of aryl methyl sites for hydroxylation is 2. The highest BCUT2D eigenvalue weighted by atomic mass is 16.2. The van der Waals surface area contributed by atoms with Crippen molar-refractivity contribution in [2.24, 2.45) is 5.92 Å². The van der Waals surface area contributed by atoms with Gasteiger partial charge in [-0.15, -0.1) is 0 Å². The molecule has 1 heterocycles. The van der Waals surface area contributed by atoms with Crippen LogP contribution in [0.4, 0.5) is 15.3 Å². The van der Waals surface area contributed by atoms with Crippen molar-refractivity contribution in [3.8, 4) is 0 Å². The van der Waals surface area contributed by atoms with Gasteiger partial charge in [-0.2, -0.15) is 0 Å². The summed E-state index contributed by atoms with van der Waals surface area (Å²) in [6.07, 6.45) is 8.99. The fraction of sp³-hybridized carbons (Fsp3) is 0.652. The molecule has 0 spiro atoms. The minimum atomic E-state index is -0.152. The zero-order valence-corrected chi connectivity index (χ0v) is 17.9. The first kappa shape index (κ1) is 21.5. The van der Waals surface area contributed by atoms with Crippen LogP contribution in [0, 0.1) is 19.8 Å². The predicted octanol–water partition coefficient (Wildman–Crippen LogP) is 4.57. The Kier molecular flexibility index (Phi) is 7.78. The van der Waals surface area contributed by atoms with Gasteiger partial charge in [0.15, 0.2) is 0 Å². The summed E-state index contributed by atoms with van der Waals surface area (Å²) in [5.41, 5.74) is 3.11. The summed E-state index contributed by atoms with van der Waals surface area (Å²) >= 11 is 0. The number of nitrogens with one attached hydrogen (secondary N) is 3. The molecule has 1 saturated heterocycles. The van der Waals surface area contributed by atoms with Gasteiger partial charge < -0.3 is 20.9 Å². The number of likely N-dealkylation sites (tertiary alicyclic amines) is 1. The van der Waals surface area contributed by atoms with E-state index in [4.69, 9.17) is 0 Å². The Balaban J connectivity index is 1.31. The molecule has 2 aliphatic rings. The van der Waals surface area contributed by atoms with Crippen LogP contribution < -0.4 is 16.0 Å². The minimum absolute atomic E-state index is 0.112.